The van der Waals surface area contributed by atoms with Gasteiger partial charge >= 0.3 is 6.09 Å². The topological polar surface area (TPSA) is 95.9 Å². The standard InChI is InChI=1S/C19H17BrN2O5S/c20-15-9-12(16(28-15)21-18(25)26)17(24)22-7-5-19(6-8-22)10-13(23)11-3-1-2-4-14(11)27-19/h1-4,9,21H,5-8,10H2,(H,25,26). The van der Waals surface area contributed by atoms with Crippen LogP contribution in [-0.2, 0) is 0 Å². The van der Waals surface area contributed by atoms with Crippen molar-refractivity contribution in [2.24, 2.45) is 0 Å². The Hall–Kier alpha value is -2.39. The van der Waals surface area contributed by atoms with Crippen LogP contribution in [0.5, 0.6) is 5.75 Å². The minimum Gasteiger partial charge on any atom is -0.486 e. The van der Waals surface area contributed by atoms with Gasteiger partial charge < -0.3 is 14.7 Å². The number of rotatable bonds is 2. The van der Waals surface area contributed by atoms with Crippen molar-refractivity contribution in [2.45, 2.75) is 24.9 Å². The predicted molar refractivity (Wildman–Crippen MR) is 108 cm³/mol. The highest BCUT2D eigenvalue weighted by Gasteiger charge is 2.43. The number of carbonyl (C=O) groups excluding carboxylic acids is 2. The van der Waals surface area contributed by atoms with E-state index in [9.17, 15) is 14.4 Å². The van der Waals surface area contributed by atoms with Crippen LogP contribution in [0.2, 0.25) is 0 Å². The van der Waals surface area contributed by atoms with E-state index in [1.807, 2.05) is 12.1 Å². The first-order chi connectivity index (χ1) is 13.4. The Labute approximate surface area is 173 Å². The van der Waals surface area contributed by atoms with Crippen LogP contribution >= 0.6 is 27.3 Å². The molecule has 1 aromatic heterocycles. The first-order valence-corrected chi connectivity index (χ1v) is 10.4. The second-order valence-electron chi connectivity index (χ2n) is 6.90. The third kappa shape index (κ3) is 3.51. The number of carboxylic acid groups (broad SMARTS) is 1. The lowest BCUT2D eigenvalue weighted by molar-refractivity contribution is -0.00566. The summed E-state index contributed by atoms with van der Waals surface area (Å²) in [6.45, 7) is 0.877. The fourth-order valence-corrected chi connectivity index (χ4v) is 5.20. The summed E-state index contributed by atoms with van der Waals surface area (Å²) < 4.78 is 6.86. The summed E-state index contributed by atoms with van der Waals surface area (Å²) in [5, 5.41) is 11.5. The molecule has 1 fully saturated rings. The van der Waals surface area contributed by atoms with E-state index in [2.05, 4.69) is 21.2 Å². The van der Waals surface area contributed by atoms with Crippen molar-refractivity contribution in [1.29, 1.82) is 0 Å². The lowest BCUT2D eigenvalue weighted by atomic mass is 9.82. The van der Waals surface area contributed by atoms with Gasteiger partial charge in [0.05, 0.1) is 21.3 Å². The molecule has 2 amide bonds. The van der Waals surface area contributed by atoms with Gasteiger partial charge in [-0.1, -0.05) is 12.1 Å². The highest BCUT2D eigenvalue weighted by molar-refractivity contribution is 9.11. The summed E-state index contributed by atoms with van der Waals surface area (Å²) in [5.74, 6) is 0.438. The minimum atomic E-state index is -1.21. The molecule has 4 rings (SSSR count). The van der Waals surface area contributed by atoms with Gasteiger partial charge in [-0.15, -0.1) is 11.3 Å². The number of thiophene rings is 1. The Bertz CT molecular complexity index is 965. The third-order valence-electron chi connectivity index (χ3n) is 5.11. The highest BCUT2D eigenvalue weighted by Crippen LogP contribution is 2.40. The number of fused-ring (bicyclic) bond motifs is 1. The van der Waals surface area contributed by atoms with E-state index < -0.39 is 11.7 Å². The van der Waals surface area contributed by atoms with Crippen molar-refractivity contribution in [3.8, 4) is 5.75 Å². The molecule has 2 N–H and O–H groups in total. The quantitative estimate of drug-likeness (QED) is 0.692. The van der Waals surface area contributed by atoms with E-state index in [0.29, 0.717) is 58.0 Å². The number of piperidine rings is 1. The lowest BCUT2D eigenvalue weighted by Crippen LogP contribution is -2.52. The summed E-state index contributed by atoms with van der Waals surface area (Å²) in [5.41, 5.74) is 0.347. The number of ether oxygens (including phenoxy) is 1. The number of benzene rings is 1. The zero-order chi connectivity index (χ0) is 19.9. The normalized spacial score (nSPS) is 17.8. The number of carbonyl (C=O) groups is 3. The fraction of sp³-hybridized carbons (Fsp3) is 0.316. The van der Waals surface area contributed by atoms with Crippen LogP contribution < -0.4 is 10.1 Å². The molecule has 9 heteroatoms. The summed E-state index contributed by atoms with van der Waals surface area (Å²) in [6.07, 6.45) is 0.188. The largest absolute Gasteiger partial charge is 0.486 e. The third-order valence-corrected chi connectivity index (χ3v) is 6.66. The smallest absolute Gasteiger partial charge is 0.409 e. The Balaban J connectivity index is 1.49. The summed E-state index contributed by atoms with van der Waals surface area (Å²) in [6, 6.07) is 8.86. The fourth-order valence-electron chi connectivity index (χ4n) is 3.72. The van der Waals surface area contributed by atoms with Gasteiger partial charge in [-0.25, -0.2) is 4.79 Å². The van der Waals surface area contributed by atoms with Gasteiger partial charge in [0.2, 0.25) is 0 Å². The van der Waals surface area contributed by atoms with E-state index in [0.717, 1.165) is 11.3 Å². The van der Waals surface area contributed by atoms with Gasteiger partial charge in [-0.05, 0) is 34.1 Å². The molecule has 0 saturated carbocycles. The van der Waals surface area contributed by atoms with Crippen molar-refractivity contribution in [2.75, 3.05) is 18.4 Å². The van der Waals surface area contributed by atoms with Crippen molar-refractivity contribution in [3.05, 3.63) is 45.2 Å². The summed E-state index contributed by atoms with van der Waals surface area (Å²) in [4.78, 5) is 38.1. The maximum absolute atomic E-state index is 12.9. The van der Waals surface area contributed by atoms with Crippen LogP contribution in [0.15, 0.2) is 34.1 Å². The molecular formula is C19H17BrN2O5S. The number of anilines is 1. The Morgan fingerprint density at radius 1 is 1.25 bits per heavy atom. The number of likely N-dealkylation sites (tertiary alicyclic amines) is 1. The van der Waals surface area contributed by atoms with Crippen LogP contribution in [0, 0.1) is 0 Å². The molecule has 2 aliphatic heterocycles. The molecule has 3 heterocycles. The zero-order valence-electron chi connectivity index (χ0n) is 14.7. The van der Waals surface area contributed by atoms with E-state index in [1.165, 1.54) is 0 Å². The number of halogens is 1. The van der Waals surface area contributed by atoms with Crippen molar-refractivity contribution < 1.29 is 24.2 Å². The van der Waals surface area contributed by atoms with Gasteiger partial charge in [0.25, 0.3) is 5.91 Å². The second-order valence-corrected chi connectivity index (χ2v) is 9.33. The van der Waals surface area contributed by atoms with E-state index in [1.54, 1.807) is 23.1 Å². The summed E-state index contributed by atoms with van der Waals surface area (Å²) in [7, 11) is 0. The highest BCUT2D eigenvalue weighted by atomic mass is 79.9. The number of hydrogen-bond donors (Lipinski definition) is 2. The zero-order valence-corrected chi connectivity index (χ0v) is 17.1. The SMILES string of the molecule is O=C(O)Nc1sc(Br)cc1C(=O)N1CCC2(CC1)CC(=O)c1ccccc1O2. The Morgan fingerprint density at radius 2 is 1.96 bits per heavy atom. The van der Waals surface area contributed by atoms with Gasteiger partial charge in [-0.3, -0.25) is 14.9 Å². The molecule has 7 nitrogen and oxygen atoms in total. The molecule has 1 saturated heterocycles. The molecule has 1 aromatic carbocycles. The van der Waals surface area contributed by atoms with Crippen LogP contribution in [0.3, 0.4) is 0 Å². The van der Waals surface area contributed by atoms with Crippen molar-refractivity contribution >= 4 is 50.1 Å². The number of para-hydroxylation sites is 1. The number of hydrogen-bond acceptors (Lipinski definition) is 5. The number of Topliss-reactive ketones (excluding diaryl/α,β-unsaturated/α-hetero) is 1. The minimum absolute atomic E-state index is 0.0661. The van der Waals surface area contributed by atoms with Gasteiger partial charge in [-0.2, -0.15) is 0 Å². The van der Waals surface area contributed by atoms with Gasteiger partial charge in [0.1, 0.15) is 16.4 Å². The van der Waals surface area contributed by atoms with Gasteiger partial charge in [0, 0.05) is 25.9 Å². The average Bonchev–Trinajstić information content (AvgIpc) is 3.01. The molecule has 0 unspecified atom stereocenters. The lowest BCUT2D eigenvalue weighted by Gasteiger charge is -2.43. The maximum Gasteiger partial charge on any atom is 0.409 e. The van der Waals surface area contributed by atoms with Crippen molar-refractivity contribution in [1.82, 2.24) is 4.90 Å². The molecular weight excluding hydrogens is 448 g/mol. The molecule has 28 heavy (non-hydrogen) atoms. The van der Waals surface area contributed by atoms with Crippen LogP contribution in [0.25, 0.3) is 0 Å². The molecule has 0 aliphatic carbocycles. The van der Waals surface area contributed by atoms with E-state index in [-0.39, 0.29) is 11.7 Å². The van der Waals surface area contributed by atoms with Crippen LogP contribution in [0.1, 0.15) is 40.0 Å². The monoisotopic (exact) mass is 464 g/mol. The van der Waals surface area contributed by atoms with E-state index in [4.69, 9.17) is 9.84 Å². The summed E-state index contributed by atoms with van der Waals surface area (Å²) >= 11 is 4.46. The van der Waals surface area contributed by atoms with Gasteiger partial charge in [0.15, 0.2) is 5.78 Å². The predicted octanol–water partition coefficient (Wildman–Crippen LogP) is 4.24. The van der Waals surface area contributed by atoms with Crippen LogP contribution in [0.4, 0.5) is 9.80 Å². The van der Waals surface area contributed by atoms with Crippen LogP contribution in [-0.4, -0.2) is 46.5 Å². The maximum atomic E-state index is 12.9. The van der Waals surface area contributed by atoms with Crippen molar-refractivity contribution in [3.63, 3.8) is 0 Å². The Morgan fingerprint density at radius 3 is 2.68 bits per heavy atom. The molecule has 0 bridgehead atoms. The molecule has 146 valence electrons. The molecule has 2 aromatic rings. The molecule has 0 radical (unpaired) electrons. The molecule has 1 spiro atoms. The molecule has 2 aliphatic rings. The first-order valence-electron chi connectivity index (χ1n) is 8.77. The molecule has 0 atom stereocenters. The second kappa shape index (κ2) is 7.21. The number of nitrogens with zero attached hydrogens (tertiary/aromatic N) is 1. The number of nitrogens with one attached hydrogen (secondary N) is 1. The number of ketones is 1. The first kappa shape index (κ1) is 18.9. The number of amides is 2. The van der Waals surface area contributed by atoms with E-state index >= 15 is 0 Å². The Kier molecular flexibility index (Phi) is 4.88. The average molecular weight is 465 g/mol.